The maximum atomic E-state index is 8.82. The standard InChI is InChI=1S/Cr.2H2O.2O.Y/h;2*1H2;;;/q+2;;;;;/p-2. The molecule has 0 saturated carbocycles. The molecule has 0 aromatic heterocycles. The minimum absolute atomic E-state index is 0. The summed E-state index contributed by atoms with van der Waals surface area (Å²) < 4.78 is 31.9. The van der Waals surface area contributed by atoms with Crippen LogP contribution in [0.3, 0.4) is 0 Å². The van der Waals surface area contributed by atoms with E-state index in [9.17, 15) is 0 Å². The van der Waals surface area contributed by atoms with Crippen molar-refractivity contribution >= 4 is 0 Å². The zero-order valence-electron chi connectivity index (χ0n) is 2.70. The van der Waals surface area contributed by atoms with E-state index in [1.807, 2.05) is 0 Å². The fourth-order valence-corrected chi connectivity index (χ4v) is 0. The normalized spacial score (nSPS) is 9.67. The molecule has 2 N–H and O–H groups in total. The summed E-state index contributed by atoms with van der Waals surface area (Å²) in [5, 5.41) is 0. The minimum Gasteiger partial charge on any atom is 0 e. The van der Waals surface area contributed by atoms with E-state index in [2.05, 4.69) is 0 Å². The fourth-order valence-electron chi connectivity index (χ4n) is 0. The molecule has 0 amide bonds. The van der Waals surface area contributed by atoms with E-state index in [0.717, 1.165) is 0 Å². The summed E-state index contributed by atoms with van der Waals surface area (Å²) in [6.07, 6.45) is 0. The second-order valence-corrected chi connectivity index (χ2v) is 1.85. The van der Waals surface area contributed by atoms with E-state index in [-0.39, 0.29) is 32.7 Å². The zero-order chi connectivity index (χ0) is 4.50. The van der Waals surface area contributed by atoms with Gasteiger partial charge in [0.1, 0.15) is 0 Å². The Labute approximate surface area is 61.8 Å². The molecule has 0 aromatic rings. The van der Waals surface area contributed by atoms with E-state index in [1.165, 1.54) is 0 Å². The van der Waals surface area contributed by atoms with Crippen LogP contribution in [0.1, 0.15) is 0 Å². The molecule has 0 aliphatic rings. The van der Waals surface area contributed by atoms with E-state index in [4.69, 9.17) is 15.9 Å². The average Bonchev–Trinajstić information content (AvgIpc) is 0.722. The SMILES string of the molecule is [O]=[Cr](=[O])([OH])[OH].[Y]. The maximum Gasteiger partial charge on any atom is 0 e. The van der Waals surface area contributed by atoms with Crippen LogP contribution in [-0.4, -0.2) is 8.32 Å². The van der Waals surface area contributed by atoms with Crippen LogP contribution in [0, 0.1) is 0 Å². The first-order valence-electron chi connectivity index (χ1n) is 0.698. The van der Waals surface area contributed by atoms with Crippen molar-refractivity contribution in [1.29, 1.82) is 0 Å². The molecule has 0 fully saturated rings. The Bertz CT molecular complexity index is 90.7. The van der Waals surface area contributed by atoms with Gasteiger partial charge in [0.2, 0.25) is 0 Å². The largest absolute Gasteiger partial charge is 0 e. The van der Waals surface area contributed by atoms with Crippen molar-refractivity contribution in [3.63, 3.8) is 0 Å². The Morgan fingerprint density at radius 2 is 1.17 bits per heavy atom. The third-order valence-electron chi connectivity index (χ3n) is 0. The topological polar surface area (TPSA) is 74.6 Å². The summed E-state index contributed by atoms with van der Waals surface area (Å²) in [6, 6.07) is 0. The molecule has 0 spiro atoms. The Hall–Kier alpha value is 1.16. The second-order valence-electron chi connectivity index (χ2n) is 0.448. The minimum atomic E-state index is -5.25. The van der Waals surface area contributed by atoms with Gasteiger partial charge in [-0.05, 0) is 0 Å². The number of hydrogen-bond donors (Lipinski definition) is 2. The Morgan fingerprint density at radius 3 is 1.17 bits per heavy atom. The van der Waals surface area contributed by atoms with E-state index < -0.39 is 13.6 Å². The van der Waals surface area contributed by atoms with Gasteiger partial charge in [-0.1, -0.05) is 0 Å². The number of rotatable bonds is 0. The molecule has 0 aliphatic heterocycles. The maximum absolute atomic E-state index is 8.82. The van der Waals surface area contributed by atoms with Gasteiger partial charge in [0, 0.05) is 32.7 Å². The van der Waals surface area contributed by atoms with Crippen LogP contribution in [0.2, 0.25) is 0 Å². The van der Waals surface area contributed by atoms with Gasteiger partial charge in [0.15, 0.2) is 0 Å². The van der Waals surface area contributed by atoms with Crippen LogP contribution in [0.25, 0.3) is 0 Å². The van der Waals surface area contributed by atoms with Crippen molar-refractivity contribution in [2.45, 2.75) is 0 Å². The summed E-state index contributed by atoms with van der Waals surface area (Å²) in [5.74, 6) is 0. The Morgan fingerprint density at radius 1 is 1.17 bits per heavy atom. The molecular weight excluding hydrogens is 205 g/mol. The molecular formula is H2CrO4Y. The van der Waals surface area contributed by atoms with Crippen molar-refractivity contribution in [1.82, 2.24) is 0 Å². The van der Waals surface area contributed by atoms with E-state index in [1.54, 1.807) is 0 Å². The average molecular weight is 207 g/mol. The third kappa shape index (κ3) is 66.6. The monoisotopic (exact) mass is 207 g/mol. The molecule has 0 heterocycles. The summed E-state index contributed by atoms with van der Waals surface area (Å²) in [4.78, 5) is 0. The van der Waals surface area contributed by atoms with Crippen molar-refractivity contribution in [2.24, 2.45) is 0 Å². The molecule has 6 heavy (non-hydrogen) atoms. The van der Waals surface area contributed by atoms with Crippen LogP contribution in [-0.2, 0) is 53.9 Å². The van der Waals surface area contributed by atoms with Crippen LogP contribution in [0.15, 0.2) is 0 Å². The molecule has 0 aromatic carbocycles. The van der Waals surface area contributed by atoms with Gasteiger partial charge < -0.3 is 0 Å². The van der Waals surface area contributed by atoms with Gasteiger partial charge in [-0.2, -0.15) is 0 Å². The van der Waals surface area contributed by atoms with E-state index >= 15 is 0 Å². The summed E-state index contributed by atoms with van der Waals surface area (Å²) in [5.41, 5.74) is 0. The predicted octanol–water partition coefficient (Wildman–Crippen LogP) is -1.36. The zero-order valence-corrected chi connectivity index (χ0v) is 6.81. The summed E-state index contributed by atoms with van der Waals surface area (Å²) in [6.45, 7) is 0. The van der Waals surface area contributed by atoms with Crippen molar-refractivity contribution in [3.8, 4) is 0 Å². The summed E-state index contributed by atoms with van der Waals surface area (Å²) >= 11 is -5.25. The number of hydrogen-bond acceptors (Lipinski definition) is 2. The van der Waals surface area contributed by atoms with Crippen LogP contribution in [0.4, 0.5) is 0 Å². The first kappa shape index (κ1) is 10.2. The molecule has 1 radical (unpaired) electrons. The Kier molecular flexibility index (Phi) is 5.43. The van der Waals surface area contributed by atoms with Gasteiger partial charge in [-0.15, -0.1) is 0 Å². The molecule has 0 aliphatic carbocycles. The first-order chi connectivity index (χ1) is 2.00. The molecule has 0 unspecified atom stereocenters. The van der Waals surface area contributed by atoms with E-state index in [0.29, 0.717) is 0 Å². The van der Waals surface area contributed by atoms with Crippen LogP contribution < -0.4 is 0 Å². The fraction of sp³-hybridized carbons (Fsp3) is 0. The molecule has 6 heteroatoms. The first-order valence-corrected chi connectivity index (χ1v) is 2.88. The molecule has 35 valence electrons. The van der Waals surface area contributed by atoms with Crippen LogP contribution in [0.5, 0.6) is 0 Å². The van der Waals surface area contributed by atoms with Gasteiger partial charge in [-0.3, -0.25) is 0 Å². The van der Waals surface area contributed by atoms with Crippen LogP contribution >= 0.6 is 0 Å². The summed E-state index contributed by atoms with van der Waals surface area (Å²) in [7, 11) is 0. The molecule has 0 saturated heterocycles. The molecule has 0 bridgehead atoms. The van der Waals surface area contributed by atoms with Gasteiger partial charge >= 0.3 is 29.5 Å². The van der Waals surface area contributed by atoms with Crippen molar-refractivity contribution < 1.29 is 62.2 Å². The van der Waals surface area contributed by atoms with Gasteiger partial charge in [0.25, 0.3) is 0 Å². The quantitative estimate of drug-likeness (QED) is 0.514. The van der Waals surface area contributed by atoms with Gasteiger partial charge in [0.05, 0.1) is 0 Å². The predicted molar refractivity (Wildman–Crippen MR) is 5.81 cm³/mol. The van der Waals surface area contributed by atoms with Gasteiger partial charge in [-0.25, -0.2) is 0 Å². The second kappa shape index (κ2) is 3.20. The molecule has 0 rings (SSSR count). The van der Waals surface area contributed by atoms with Crippen molar-refractivity contribution in [2.75, 3.05) is 0 Å². The third-order valence-corrected chi connectivity index (χ3v) is 0. The van der Waals surface area contributed by atoms with Crippen molar-refractivity contribution in [3.05, 3.63) is 0 Å². The molecule has 4 nitrogen and oxygen atoms in total. The smallest absolute Gasteiger partial charge is 0 e. The Balaban J connectivity index is 0. The molecule has 0 atom stereocenters.